The molecule has 0 N–H and O–H groups in total. The van der Waals surface area contributed by atoms with Crippen molar-refractivity contribution in [2.45, 2.75) is 124 Å². The Kier molecular flexibility index (Phi) is 23.0. The molecule has 5 nitrogen and oxygen atoms in total. The molecule has 0 heterocycles. The Morgan fingerprint density at radius 2 is 0.857 bits per heavy atom. The lowest BCUT2D eigenvalue weighted by atomic mass is 10.0. The van der Waals surface area contributed by atoms with Crippen LogP contribution in [-0.4, -0.2) is 49.7 Å². The standard InChI is InChI=1S/C30H55NO4/c1-6-9-10-11-12-13-14-15-16-17-18-19-20-21-22-23-24-31(25-27(4)29(32)34-7-2)26-28(5)30(33)35-8-3/h4-26H2,1-3H3. The third kappa shape index (κ3) is 20.3. The summed E-state index contributed by atoms with van der Waals surface area (Å²) in [5, 5.41) is 0. The summed E-state index contributed by atoms with van der Waals surface area (Å²) in [4.78, 5) is 26.0. The van der Waals surface area contributed by atoms with Gasteiger partial charge in [-0.2, -0.15) is 0 Å². The first-order valence-electron chi connectivity index (χ1n) is 14.4. The van der Waals surface area contributed by atoms with Crippen LogP contribution in [0.5, 0.6) is 0 Å². The van der Waals surface area contributed by atoms with Gasteiger partial charge in [0.15, 0.2) is 0 Å². The van der Waals surface area contributed by atoms with Gasteiger partial charge in [0.25, 0.3) is 0 Å². The molecule has 5 heteroatoms. The van der Waals surface area contributed by atoms with Crippen LogP contribution in [0.4, 0.5) is 0 Å². The van der Waals surface area contributed by atoms with Crippen LogP contribution in [0.25, 0.3) is 0 Å². The molecule has 0 unspecified atom stereocenters. The van der Waals surface area contributed by atoms with Crippen LogP contribution >= 0.6 is 0 Å². The monoisotopic (exact) mass is 493 g/mol. The van der Waals surface area contributed by atoms with Crippen molar-refractivity contribution in [1.82, 2.24) is 4.90 Å². The number of esters is 2. The highest BCUT2D eigenvalue weighted by atomic mass is 16.5. The molecule has 35 heavy (non-hydrogen) atoms. The molecular weight excluding hydrogens is 438 g/mol. The van der Waals surface area contributed by atoms with Gasteiger partial charge in [0.2, 0.25) is 0 Å². The second kappa shape index (κ2) is 24.1. The van der Waals surface area contributed by atoms with Crippen molar-refractivity contribution >= 4 is 11.9 Å². The minimum absolute atomic E-state index is 0.326. The summed E-state index contributed by atoms with van der Waals surface area (Å²) in [5.41, 5.74) is 0.806. The lowest BCUT2D eigenvalue weighted by Gasteiger charge is -2.23. The van der Waals surface area contributed by atoms with E-state index in [1.54, 1.807) is 13.8 Å². The zero-order valence-electron chi connectivity index (χ0n) is 23.3. The first kappa shape index (κ1) is 33.4. The SMILES string of the molecule is C=C(CN(CCCCCCCCCCCCCCCCCC)CC(=C)C(=O)OCC)C(=O)OCC. The molecule has 0 aromatic rings. The quantitative estimate of drug-likeness (QED) is 0.0738. The second-order valence-corrected chi connectivity index (χ2v) is 9.66. The minimum Gasteiger partial charge on any atom is -0.463 e. The van der Waals surface area contributed by atoms with Gasteiger partial charge in [0.05, 0.1) is 13.2 Å². The highest BCUT2D eigenvalue weighted by Gasteiger charge is 2.17. The maximum atomic E-state index is 12.0. The van der Waals surface area contributed by atoms with Gasteiger partial charge in [0, 0.05) is 24.2 Å². The second-order valence-electron chi connectivity index (χ2n) is 9.66. The summed E-state index contributed by atoms with van der Waals surface area (Å²) in [6.07, 6.45) is 21.3. The van der Waals surface area contributed by atoms with E-state index in [1.807, 2.05) is 4.90 Å². The fourth-order valence-electron chi connectivity index (χ4n) is 4.23. The van der Waals surface area contributed by atoms with E-state index < -0.39 is 0 Å². The zero-order chi connectivity index (χ0) is 26.2. The van der Waals surface area contributed by atoms with Crippen LogP contribution in [0.3, 0.4) is 0 Å². The van der Waals surface area contributed by atoms with Crippen molar-refractivity contribution in [3.8, 4) is 0 Å². The van der Waals surface area contributed by atoms with Crippen LogP contribution in [0.2, 0.25) is 0 Å². The van der Waals surface area contributed by atoms with E-state index >= 15 is 0 Å². The van der Waals surface area contributed by atoms with Gasteiger partial charge in [-0.05, 0) is 26.8 Å². The van der Waals surface area contributed by atoms with Gasteiger partial charge in [-0.15, -0.1) is 0 Å². The first-order valence-corrected chi connectivity index (χ1v) is 14.4. The molecule has 0 aromatic heterocycles. The number of unbranched alkanes of at least 4 members (excludes halogenated alkanes) is 15. The lowest BCUT2D eigenvalue weighted by Crippen LogP contribution is -2.33. The Labute approximate surface area is 216 Å². The first-order chi connectivity index (χ1) is 17.0. The van der Waals surface area contributed by atoms with Crippen LogP contribution in [0, 0.1) is 0 Å². The molecule has 0 aliphatic rings. The molecule has 0 amide bonds. The third-order valence-corrected chi connectivity index (χ3v) is 6.29. The molecule has 0 aromatic carbocycles. The van der Waals surface area contributed by atoms with E-state index in [2.05, 4.69) is 20.1 Å². The summed E-state index contributed by atoms with van der Waals surface area (Å²) < 4.78 is 10.1. The van der Waals surface area contributed by atoms with Crippen molar-refractivity contribution in [2.75, 3.05) is 32.8 Å². The number of nitrogens with zero attached hydrogens (tertiary/aromatic N) is 1. The number of hydrogen-bond donors (Lipinski definition) is 0. The van der Waals surface area contributed by atoms with Gasteiger partial charge in [-0.3, -0.25) is 4.90 Å². The maximum absolute atomic E-state index is 12.0. The van der Waals surface area contributed by atoms with E-state index in [4.69, 9.17) is 9.47 Å². The lowest BCUT2D eigenvalue weighted by molar-refractivity contribution is -0.139. The normalized spacial score (nSPS) is 11.0. The topological polar surface area (TPSA) is 55.8 Å². The maximum Gasteiger partial charge on any atom is 0.334 e. The molecule has 0 fully saturated rings. The van der Waals surface area contributed by atoms with Crippen LogP contribution in [0.1, 0.15) is 124 Å². The largest absolute Gasteiger partial charge is 0.463 e. The molecule has 0 atom stereocenters. The van der Waals surface area contributed by atoms with Crippen molar-refractivity contribution < 1.29 is 19.1 Å². The highest BCUT2D eigenvalue weighted by Crippen LogP contribution is 2.14. The van der Waals surface area contributed by atoms with Gasteiger partial charge in [-0.1, -0.05) is 116 Å². The Morgan fingerprint density at radius 1 is 0.543 bits per heavy atom. The van der Waals surface area contributed by atoms with Crippen LogP contribution in [-0.2, 0) is 19.1 Å². The molecule has 0 spiro atoms. The van der Waals surface area contributed by atoms with E-state index in [-0.39, 0.29) is 11.9 Å². The van der Waals surface area contributed by atoms with E-state index in [0.29, 0.717) is 37.4 Å². The van der Waals surface area contributed by atoms with Crippen molar-refractivity contribution in [3.63, 3.8) is 0 Å². The fourth-order valence-corrected chi connectivity index (χ4v) is 4.23. The van der Waals surface area contributed by atoms with Crippen LogP contribution in [0.15, 0.2) is 24.3 Å². The summed E-state index contributed by atoms with van der Waals surface area (Å²) in [7, 11) is 0. The number of carbonyl (C=O) groups is 2. The molecule has 0 aliphatic heterocycles. The average molecular weight is 494 g/mol. The molecule has 0 aliphatic carbocycles. The minimum atomic E-state index is -0.383. The van der Waals surface area contributed by atoms with Crippen molar-refractivity contribution in [3.05, 3.63) is 24.3 Å². The van der Waals surface area contributed by atoms with E-state index in [1.165, 1.54) is 89.9 Å². The zero-order valence-corrected chi connectivity index (χ0v) is 23.3. The predicted octanol–water partition coefficient (Wildman–Crippen LogP) is 7.79. The molecule has 0 radical (unpaired) electrons. The molecule has 0 saturated heterocycles. The van der Waals surface area contributed by atoms with Gasteiger partial charge >= 0.3 is 11.9 Å². The van der Waals surface area contributed by atoms with Crippen molar-refractivity contribution in [1.29, 1.82) is 0 Å². The highest BCUT2D eigenvalue weighted by molar-refractivity contribution is 5.89. The number of ether oxygens (including phenoxy) is 2. The Hall–Kier alpha value is -1.62. The Balaban J connectivity index is 3.97. The molecule has 0 saturated carbocycles. The Morgan fingerprint density at radius 3 is 1.17 bits per heavy atom. The van der Waals surface area contributed by atoms with Crippen molar-refractivity contribution in [2.24, 2.45) is 0 Å². The van der Waals surface area contributed by atoms with E-state index in [0.717, 1.165) is 19.4 Å². The summed E-state index contributed by atoms with van der Waals surface area (Å²) >= 11 is 0. The van der Waals surface area contributed by atoms with Crippen LogP contribution < -0.4 is 0 Å². The van der Waals surface area contributed by atoms with Gasteiger partial charge < -0.3 is 9.47 Å². The average Bonchev–Trinajstić information content (AvgIpc) is 2.83. The molecule has 0 rings (SSSR count). The smallest absolute Gasteiger partial charge is 0.334 e. The summed E-state index contributed by atoms with van der Waals surface area (Å²) in [6, 6.07) is 0. The number of hydrogen-bond acceptors (Lipinski definition) is 5. The molecule has 204 valence electrons. The third-order valence-electron chi connectivity index (χ3n) is 6.29. The fraction of sp³-hybridized carbons (Fsp3) is 0.800. The summed E-state index contributed by atoms with van der Waals surface area (Å²) in [6.45, 7) is 15.7. The summed E-state index contributed by atoms with van der Waals surface area (Å²) in [5.74, 6) is -0.766. The predicted molar refractivity (Wildman–Crippen MR) is 148 cm³/mol. The number of carbonyl (C=O) groups excluding carboxylic acids is 2. The Bertz CT molecular complexity index is 541. The molecular formula is C30H55NO4. The number of rotatable bonds is 25. The van der Waals surface area contributed by atoms with Gasteiger partial charge in [0.1, 0.15) is 0 Å². The van der Waals surface area contributed by atoms with Gasteiger partial charge in [-0.25, -0.2) is 9.59 Å². The molecule has 0 bridgehead atoms. The van der Waals surface area contributed by atoms with E-state index in [9.17, 15) is 9.59 Å².